The van der Waals surface area contributed by atoms with Crippen LogP contribution in [0.25, 0.3) is 33.4 Å². The van der Waals surface area contributed by atoms with Crippen molar-refractivity contribution in [3.05, 3.63) is 234 Å². The van der Waals surface area contributed by atoms with Gasteiger partial charge in [0.1, 0.15) is 0 Å². The van der Waals surface area contributed by atoms with Crippen LogP contribution in [0.15, 0.2) is 210 Å². The van der Waals surface area contributed by atoms with E-state index in [1.165, 1.54) is 114 Å². The van der Waals surface area contributed by atoms with Crippen molar-refractivity contribution in [1.82, 2.24) is 0 Å². The second kappa shape index (κ2) is 11.8. The smallest absolute Gasteiger partial charge is 0.182 e. The largest absolute Gasteiger partial charge is 0.310 e. The Balaban J connectivity index is 1.06. The molecule has 1 unspecified atom stereocenters. The van der Waals surface area contributed by atoms with E-state index in [2.05, 4.69) is 219 Å². The van der Waals surface area contributed by atoms with E-state index >= 15 is 0 Å². The minimum atomic E-state index is -2.80. The van der Waals surface area contributed by atoms with E-state index in [-0.39, 0.29) is 5.41 Å². The van der Waals surface area contributed by atoms with E-state index in [9.17, 15) is 0 Å². The summed E-state index contributed by atoms with van der Waals surface area (Å²) in [6.07, 6.45) is 0. The van der Waals surface area contributed by atoms with Crippen LogP contribution in [0.3, 0.4) is 0 Å². The molecule has 2 spiro atoms. The zero-order chi connectivity index (χ0) is 40.2. The van der Waals surface area contributed by atoms with Gasteiger partial charge in [0, 0.05) is 20.9 Å². The van der Waals surface area contributed by atoms with Crippen molar-refractivity contribution in [2.75, 3.05) is 4.90 Å². The van der Waals surface area contributed by atoms with Crippen LogP contribution in [0.4, 0.5) is 17.1 Å². The monoisotopic (exact) mass is 809 g/mol. The van der Waals surface area contributed by atoms with Crippen molar-refractivity contribution in [2.24, 2.45) is 0 Å². The number of benzene rings is 9. The van der Waals surface area contributed by atoms with Crippen LogP contribution in [0.1, 0.15) is 47.2 Å². The quantitative estimate of drug-likeness (QED) is 0.152. The molecule has 9 aromatic carbocycles. The number of hydrogen-bond donors (Lipinski definition) is 0. The van der Waals surface area contributed by atoms with Crippen LogP contribution < -0.4 is 25.6 Å². The van der Waals surface area contributed by atoms with Gasteiger partial charge in [0.25, 0.3) is 0 Å². The second-order valence-electron chi connectivity index (χ2n) is 17.9. The van der Waals surface area contributed by atoms with Crippen LogP contribution in [-0.2, 0) is 10.8 Å². The summed E-state index contributed by atoms with van der Waals surface area (Å²) in [5, 5.41) is 6.03. The Morgan fingerprint density at radius 2 is 0.836 bits per heavy atom. The van der Waals surface area contributed by atoms with E-state index in [1.807, 2.05) is 11.8 Å². The standard InChI is InChI=1S/C58H39NSSi/c1-57(2)43-20-6-3-17-37(43)41-35-56-42(34-48(41)57)39-19-5-16-30-54(39)61(56)53-29-15-4-18-38(53)40-32-31-36(33-55(40)61)59-49-25-11-7-21-44(49)58(45-22-8-12-26-50(45)59)46-23-9-13-27-51(46)60-52-28-14-10-24-47(52)58/h3-35H,1-2H3. The molecule has 0 bridgehead atoms. The Labute approximate surface area is 362 Å². The van der Waals surface area contributed by atoms with Crippen LogP contribution in [0, 0.1) is 0 Å². The predicted molar refractivity (Wildman–Crippen MR) is 256 cm³/mol. The minimum absolute atomic E-state index is 0.0731. The number of fused-ring (bicyclic) bond motifs is 21. The highest BCUT2D eigenvalue weighted by atomic mass is 32.2. The van der Waals surface area contributed by atoms with Gasteiger partial charge in [-0.05, 0) is 130 Å². The summed E-state index contributed by atoms with van der Waals surface area (Å²) in [5.41, 5.74) is 19.7. The molecule has 0 amide bonds. The molecule has 3 heteroatoms. The molecule has 0 fully saturated rings. The molecule has 286 valence electrons. The first-order chi connectivity index (χ1) is 30.0. The van der Waals surface area contributed by atoms with Crippen LogP contribution in [0.2, 0.25) is 0 Å². The summed E-state index contributed by atoms with van der Waals surface area (Å²) in [4.78, 5) is 5.22. The Bertz CT molecular complexity index is 3320. The van der Waals surface area contributed by atoms with Gasteiger partial charge in [-0.25, -0.2) is 0 Å². The lowest BCUT2D eigenvalue weighted by molar-refractivity contribution is 0.661. The fourth-order valence-electron chi connectivity index (χ4n) is 12.6. The third-order valence-electron chi connectivity index (χ3n) is 14.9. The van der Waals surface area contributed by atoms with Gasteiger partial charge in [-0.1, -0.05) is 183 Å². The summed E-state index contributed by atoms with van der Waals surface area (Å²) in [7, 11) is -2.80. The first kappa shape index (κ1) is 34.1. The molecule has 0 aromatic heterocycles. The lowest BCUT2D eigenvalue weighted by atomic mass is 9.62. The van der Waals surface area contributed by atoms with Gasteiger partial charge in [0.05, 0.1) is 16.8 Å². The lowest BCUT2D eigenvalue weighted by Crippen LogP contribution is -2.70. The predicted octanol–water partition coefficient (Wildman–Crippen LogP) is 12.0. The second-order valence-corrected chi connectivity index (χ2v) is 22.6. The molecule has 5 aliphatic rings. The van der Waals surface area contributed by atoms with Crippen LogP contribution in [-0.4, -0.2) is 8.07 Å². The zero-order valence-electron chi connectivity index (χ0n) is 33.9. The summed E-state index contributed by atoms with van der Waals surface area (Å²) < 4.78 is 0. The number of para-hydroxylation sites is 2. The molecule has 61 heavy (non-hydrogen) atoms. The Kier molecular flexibility index (Phi) is 6.59. The van der Waals surface area contributed by atoms with E-state index < -0.39 is 13.5 Å². The summed E-state index contributed by atoms with van der Waals surface area (Å²) >= 11 is 1.90. The first-order valence-corrected chi connectivity index (χ1v) is 24.3. The third kappa shape index (κ3) is 4.01. The summed E-state index contributed by atoms with van der Waals surface area (Å²) in [5.74, 6) is 0. The van der Waals surface area contributed by atoms with Crippen molar-refractivity contribution in [3.63, 3.8) is 0 Å². The van der Waals surface area contributed by atoms with Gasteiger partial charge in [-0.15, -0.1) is 0 Å². The van der Waals surface area contributed by atoms with E-state index in [0.29, 0.717) is 0 Å². The average molecular weight is 810 g/mol. The Morgan fingerprint density at radius 1 is 0.361 bits per heavy atom. The van der Waals surface area contributed by atoms with Gasteiger partial charge in [0.15, 0.2) is 8.07 Å². The molecular weight excluding hydrogens is 771 g/mol. The number of rotatable bonds is 1. The van der Waals surface area contributed by atoms with Crippen LogP contribution in [0.5, 0.6) is 0 Å². The number of anilines is 3. The fourth-order valence-corrected chi connectivity index (χ4v) is 19.4. The molecule has 0 radical (unpaired) electrons. The van der Waals surface area contributed by atoms with Crippen molar-refractivity contribution in [2.45, 2.75) is 34.5 Å². The molecule has 0 saturated heterocycles. The number of hydrogen-bond acceptors (Lipinski definition) is 2. The van der Waals surface area contributed by atoms with E-state index in [0.717, 1.165) is 0 Å². The maximum atomic E-state index is 2.65. The zero-order valence-corrected chi connectivity index (χ0v) is 35.7. The molecule has 9 aromatic rings. The molecule has 4 heterocycles. The van der Waals surface area contributed by atoms with Gasteiger partial charge in [-0.3, -0.25) is 0 Å². The molecule has 14 rings (SSSR count). The molecule has 0 N–H and O–H groups in total. The first-order valence-electron chi connectivity index (χ1n) is 21.5. The molecule has 0 saturated carbocycles. The average Bonchev–Trinajstić information content (AvgIpc) is 3.86. The topological polar surface area (TPSA) is 3.24 Å². The highest BCUT2D eigenvalue weighted by Gasteiger charge is 2.56. The van der Waals surface area contributed by atoms with E-state index in [1.54, 1.807) is 0 Å². The number of nitrogens with zero attached hydrogens (tertiary/aromatic N) is 1. The molecule has 1 nitrogen and oxygen atoms in total. The lowest BCUT2D eigenvalue weighted by Gasteiger charge is -2.49. The highest BCUT2D eigenvalue weighted by molar-refractivity contribution is 7.99. The minimum Gasteiger partial charge on any atom is -0.310 e. The van der Waals surface area contributed by atoms with Gasteiger partial charge in [-0.2, -0.15) is 0 Å². The van der Waals surface area contributed by atoms with Crippen molar-refractivity contribution >= 4 is 57.6 Å². The van der Waals surface area contributed by atoms with Crippen molar-refractivity contribution in [1.29, 1.82) is 0 Å². The highest BCUT2D eigenvalue weighted by Crippen LogP contribution is 2.63. The maximum absolute atomic E-state index is 2.80. The van der Waals surface area contributed by atoms with Gasteiger partial charge >= 0.3 is 0 Å². The van der Waals surface area contributed by atoms with E-state index in [4.69, 9.17) is 0 Å². The van der Waals surface area contributed by atoms with Gasteiger partial charge < -0.3 is 4.90 Å². The molecule has 4 aliphatic heterocycles. The van der Waals surface area contributed by atoms with Gasteiger partial charge in [0.2, 0.25) is 0 Å². The molecular formula is C58H39NSSi. The fraction of sp³-hybridized carbons (Fsp3) is 0.0690. The Morgan fingerprint density at radius 3 is 1.48 bits per heavy atom. The maximum Gasteiger partial charge on any atom is 0.182 e. The summed E-state index contributed by atoms with van der Waals surface area (Å²) in [6.45, 7) is 4.82. The Hall–Kier alpha value is -6.65. The third-order valence-corrected chi connectivity index (χ3v) is 21.0. The normalized spacial score (nSPS) is 17.9. The molecule has 1 atom stereocenters. The molecule has 1 aliphatic carbocycles. The van der Waals surface area contributed by atoms with Crippen LogP contribution >= 0.6 is 11.8 Å². The SMILES string of the molecule is CC1(C)c2ccccc2-c2cc3c(cc21)-c1ccccc1[Si]31c2ccccc2-c2ccc(N3c4ccccc4C4(c5ccccc5Sc5ccccc54)c4ccccc43)cc21. The van der Waals surface area contributed by atoms with Crippen molar-refractivity contribution in [3.8, 4) is 33.4 Å². The summed E-state index contributed by atoms with van der Waals surface area (Å²) in [6, 6.07) is 77.2. The van der Waals surface area contributed by atoms with Crippen molar-refractivity contribution < 1.29 is 0 Å².